The van der Waals surface area contributed by atoms with Crippen molar-refractivity contribution in [1.82, 2.24) is 19.9 Å². The van der Waals surface area contributed by atoms with Gasteiger partial charge in [0.1, 0.15) is 17.0 Å². The summed E-state index contributed by atoms with van der Waals surface area (Å²) < 4.78 is 7.11. The van der Waals surface area contributed by atoms with Crippen LogP contribution in [0.5, 0.6) is 0 Å². The highest BCUT2D eigenvalue weighted by Gasteiger charge is 2.13. The van der Waals surface area contributed by atoms with E-state index in [0.717, 1.165) is 11.5 Å². The molecule has 1 aromatic carbocycles. The lowest BCUT2D eigenvalue weighted by Gasteiger charge is -2.05. The van der Waals surface area contributed by atoms with Crippen molar-refractivity contribution in [3.05, 3.63) is 76.5 Å². The molecule has 0 saturated carbocycles. The Labute approximate surface area is 148 Å². The van der Waals surface area contributed by atoms with Crippen LogP contribution in [0, 0.1) is 0 Å². The fraction of sp³-hybridized carbons (Fsp3) is 0.158. The Morgan fingerprint density at radius 2 is 1.96 bits per heavy atom. The molecule has 0 radical (unpaired) electrons. The van der Waals surface area contributed by atoms with E-state index in [1.54, 1.807) is 24.3 Å². The number of aryl methyl sites for hydroxylation is 1. The van der Waals surface area contributed by atoms with Crippen LogP contribution in [0.1, 0.15) is 22.6 Å². The quantitative estimate of drug-likeness (QED) is 0.441. The number of rotatable bonds is 5. The zero-order chi connectivity index (χ0) is 17.9. The van der Waals surface area contributed by atoms with Crippen LogP contribution in [-0.4, -0.2) is 27.0 Å². The largest absolute Gasteiger partial charge is 0.422 e. The van der Waals surface area contributed by atoms with Gasteiger partial charge in [-0.1, -0.05) is 24.3 Å². The van der Waals surface area contributed by atoms with Gasteiger partial charge in [-0.3, -0.25) is 9.20 Å². The first-order chi connectivity index (χ1) is 12.7. The van der Waals surface area contributed by atoms with Gasteiger partial charge in [0.15, 0.2) is 5.65 Å². The highest BCUT2D eigenvalue weighted by Crippen LogP contribution is 2.12. The molecule has 0 aliphatic rings. The van der Waals surface area contributed by atoms with Crippen LogP contribution in [0.4, 0.5) is 0 Å². The van der Waals surface area contributed by atoms with Crippen LogP contribution in [-0.2, 0) is 6.42 Å². The molecule has 26 heavy (non-hydrogen) atoms. The molecule has 4 aromatic rings. The molecule has 0 unspecified atom stereocenters. The van der Waals surface area contributed by atoms with Gasteiger partial charge in [-0.15, -0.1) is 10.2 Å². The zero-order valence-corrected chi connectivity index (χ0v) is 13.9. The number of nitrogens with zero attached hydrogens (tertiary/aromatic N) is 3. The van der Waals surface area contributed by atoms with E-state index in [0.29, 0.717) is 30.4 Å². The van der Waals surface area contributed by atoms with Crippen LogP contribution in [0.15, 0.2) is 63.9 Å². The molecular weight excluding hydrogens is 332 g/mol. The van der Waals surface area contributed by atoms with Crippen LogP contribution in [0.25, 0.3) is 16.6 Å². The average Bonchev–Trinajstić information content (AvgIpc) is 3.07. The minimum absolute atomic E-state index is 0.0108. The summed E-state index contributed by atoms with van der Waals surface area (Å²) in [5.74, 6) is 0.399. The molecule has 7 nitrogen and oxygen atoms in total. The number of hydrogen-bond acceptors (Lipinski definition) is 5. The molecule has 0 aliphatic carbocycles. The smallest absolute Gasteiger partial charge is 0.349 e. The highest BCUT2D eigenvalue weighted by atomic mass is 16.4. The maximum Gasteiger partial charge on any atom is 0.349 e. The second kappa shape index (κ2) is 6.79. The second-order valence-electron chi connectivity index (χ2n) is 5.89. The molecule has 0 atom stereocenters. The van der Waals surface area contributed by atoms with Gasteiger partial charge in [-0.2, -0.15) is 0 Å². The Balaban J connectivity index is 1.40. The summed E-state index contributed by atoms with van der Waals surface area (Å²) in [6, 6.07) is 14.4. The van der Waals surface area contributed by atoms with Crippen molar-refractivity contribution in [3.8, 4) is 0 Å². The number of nitrogens with one attached hydrogen (secondary N) is 1. The van der Waals surface area contributed by atoms with E-state index < -0.39 is 11.5 Å². The van der Waals surface area contributed by atoms with Crippen molar-refractivity contribution < 1.29 is 9.21 Å². The number of carbonyl (C=O) groups is 1. The number of aromatic nitrogens is 3. The predicted octanol–water partition coefficient (Wildman–Crippen LogP) is 2.20. The lowest BCUT2D eigenvalue weighted by molar-refractivity contribution is 0.0949. The van der Waals surface area contributed by atoms with E-state index in [-0.39, 0.29) is 5.56 Å². The molecule has 0 bridgehead atoms. The fourth-order valence-electron chi connectivity index (χ4n) is 2.83. The average molecular weight is 348 g/mol. The maximum absolute atomic E-state index is 12.3. The van der Waals surface area contributed by atoms with Gasteiger partial charge in [0, 0.05) is 24.5 Å². The molecule has 0 fully saturated rings. The van der Waals surface area contributed by atoms with Crippen LogP contribution in [0.3, 0.4) is 0 Å². The lowest BCUT2D eigenvalue weighted by atomic mass is 10.2. The third kappa shape index (κ3) is 3.06. The van der Waals surface area contributed by atoms with E-state index in [9.17, 15) is 9.59 Å². The molecule has 0 aliphatic heterocycles. The minimum atomic E-state index is -0.635. The first-order valence-corrected chi connectivity index (χ1v) is 8.32. The van der Waals surface area contributed by atoms with Crippen molar-refractivity contribution >= 4 is 22.5 Å². The summed E-state index contributed by atoms with van der Waals surface area (Å²) in [6.45, 7) is 0.423. The van der Waals surface area contributed by atoms with Crippen molar-refractivity contribution in [2.24, 2.45) is 0 Å². The Morgan fingerprint density at radius 3 is 2.88 bits per heavy atom. The van der Waals surface area contributed by atoms with Crippen molar-refractivity contribution in [1.29, 1.82) is 0 Å². The van der Waals surface area contributed by atoms with Crippen molar-refractivity contribution in [2.75, 3.05) is 6.54 Å². The monoisotopic (exact) mass is 348 g/mol. The summed E-state index contributed by atoms with van der Waals surface area (Å²) >= 11 is 0. The van der Waals surface area contributed by atoms with Gasteiger partial charge in [0.05, 0.1) is 0 Å². The maximum atomic E-state index is 12.3. The van der Waals surface area contributed by atoms with E-state index in [4.69, 9.17) is 4.42 Å². The molecule has 1 amide bonds. The summed E-state index contributed by atoms with van der Waals surface area (Å²) in [5, 5.41) is 11.7. The summed E-state index contributed by atoms with van der Waals surface area (Å²) in [7, 11) is 0. The Hall–Kier alpha value is -3.48. The first-order valence-electron chi connectivity index (χ1n) is 8.32. The SMILES string of the molecule is O=C(NCCCc1nnc2ccccn12)c1cc2ccccc2oc1=O. The lowest BCUT2D eigenvalue weighted by Crippen LogP contribution is -2.29. The molecule has 0 spiro atoms. The molecule has 1 N–H and O–H groups in total. The number of hydrogen-bond donors (Lipinski definition) is 1. The van der Waals surface area contributed by atoms with Crippen molar-refractivity contribution in [3.63, 3.8) is 0 Å². The first kappa shape index (κ1) is 16.0. The summed E-state index contributed by atoms with van der Waals surface area (Å²) in [5.41, 5.74) is 0.634. The zero-order valence-electron chi connectivity index (χ0n) is 13.9. The summed E-state index contributed by atoms with van der Waals surface area (Å²) in [6.07, 6.45) is 3.25. The normalized spacial score (nSPS) is 11.1. The standard InChI is InChI=1S/C19H16N4O3/c24-18(14-12-13-6-1-2-7-15(13)26-19(14)25)20-10-5-9-17-22-21-16-8-3-4-11-23(16)17/h1-4,6-8,11-12H,5,9-10H2,(H,20,24). The van der Waals surface area contributed by atoms with Gasteiger partial charge < -0.3 is 9.73 Å². The fourth-order valence-corrected chi connectivity index (χ4v) is 2.83. The molecule has 4 rings (SSSR count). The number of fused-ring (bicyclic) bond motifs is 2. The van der Waals surface area contributed by atoms with Gasteiger partial charge >= 0.3 is 5.63 Å². The Kier molecular flexibility index (Phi) is 4.18. The molecule has 3 heterocycles. The van der Waals surface area contributed by atoms with Gasteiger partial charge in [0.2, 0.25) is 0 Å². The number of pyridine rings is 1. The summed E-state index contributed by atoms with van der Waals surface area (Å²) in [4.78, 5) is 24.3. The van der Waals surface area contributed by atoms with Crippen LogP contribution < -0.4 is 10.9 Å². The number of para-hydroxylation sites is 1. The van der Waals surface area contributed by atoms with Crippen LogP contribution >= 0.6 is 0 Å². The predicted molar refractivity (Wildman–Crippen MR) is 96.1 cm³/mol. The van der Waals surface area contributed by atoms with E-state index >= 15 is 0 Å². The highest BCUT2D eigenvalue weighted by molar-refractivity contribution is 5.96. The van der Waals surface area contributed by atoms with Gasteiger partial charge in [-0.05, 0) is 30.7 Å². The third-order valence-electron chi connectivity index (χ3n) is 4.13. The minimum Gasteiger partial charge on any atom is -0.422 e. The van der Waals surface area contributed by atoms with E-state index in [1.165, 1.54) is 0 Å². The van der Waals surface area contributed by atoms with Gasteiger partial charge in [0.25, 0.3) is 5.91 Å². The Bertz CT molecular complexity index is 1150. The van der Waals surface area contributed by atoms with Crippen molar-refractivity contribution in [2.45, 2.75) is 12.8 Å². The number of benzene rings is 1. The third-order valence-corrected chi connectivity index (χ3v) is 4.13. The molecule has 130 valence electrons. The van der Waals surface area contributed by atoms with E-state index in [2.05, 4.69) is 15.5 Å². The Morgan fingerprint density at radius 1 is 1.12 bits per heavy atom. The van der Waals surface area contributed by atoms with Gasteiger partial charge in [-0.25, -0.2) is 4.79 Å². The molecular formula is C19H16N4O3. The molecule has 7 heteroatoms. The van der Waals surface area contributed by atoms with Crippen LogP contribution in [0.2, 0.25) is 0 Å². The topological polar surface area (TPSA) is 89.5 Å². The molecule has 0 saturated heterocycles. The number of amides is 1. The molecule has 3 aromatic heterocycles. The van der Waals surface area contributed by atoms with E-state index in [1.807, 2.05) is 34.9 Å². The number of carbonyl (C=O) groups excluding carboxylic acids is 1. The second-order valence-corrected chi connectivity index (χ2v) is 5.89.